The first-order valence-electron chi connectivity index (χ1n) is 6.79. The molecule has 2 N–H and O–H groups in total. The van der Waals surface area contributed by atoms with E-state index in [9.17, 15) is 0 Å². The Kier molecular flexibility index (Phi) is 3.56. The molecule has 1 aromatic heterocycles. The molecular formula is C14H18N4O2. The first-order valence-corrected chi connectivity index (χ1v) is 6.79. The summed E-state index contributed by atoms with van der Waals surface area (Å²) in [5.41, 5.74) is 7.28. The minimum atomic E-state index is -0.139. The highest BCUT2D eigenvalue weighted by Gasteiger charge is 2.16. The Bertz CT molecular complexity index is 597. The number of benzene rings is 1. The van der Waals surface area contributed by atoms with E-state index in [2.05, 4.69) is 10.1 Å². The Labute approximate surface area is 117 Å². The fourth-order valence-electron chi connectivity index (χ4n) is 2.32. The molecule has 1 aromatic carbocycles. The zero-order chi connectivity index (χ0) is 13.9. The Morgan fingerprint density at radius 3 is 2.90 bits per heavy atom. The third-order valence-corrected chi connectivity index (χ3v) is 3.39. The number of fused-ring (bicyclic) bond motifs is 1. The van der Waals surface area contributed by atoms with Crippen LogP contribution in [-0.4, -0.2) is 28.0 Å². The third kappa shape index (κ3) is 2.46. The van der Waals surface area contributed by atoms with Crippen LogP contribution in [0, 0.1) is 0 Å². The first-order chi connectivity index (χ1) is 9.78. The van der Waals surface area contributed by atoms with E-state index in [1.54, 1.807) is 6.33 Å². The summed E-state index contributed by atoms with van der Waals surface area (Å²) >= 11 is 0. The number of hydrogen-bond acceptors (Lipinski definition) is 5. The van der Waals surface area contributed by atoms with Crippen LogP contribution in [0.3, 0.4) is 0 Å². The fraction of sp³-hybridized carbons (Fsp3) is 0.429. The molecule has 0 radical (unpaired) electrons. The molecule has 2 heterocycles. The van der Waals surface area contributed by atoms with Gasteiger partial charge in [-0.25, -0.2) is 4.98 Å². The van der Waals surface area contributed by atoms with Crippen molar-refractivity contribution in [2.24, 2.45) is 5.73 Å². The van der Waals surface area contributed by atoms with E-state index in [-0.39, 0.29) is 6.04 Å². The van der Waals surface area contributed by atoms with Crippen molar-refractivity contribution >= 4 is 0 Å². The van der Waals surface area contributed by atoms with E-state index in [0.717, 1.165) is 29.4 Å². The van der Waals surface area contributed by atoms with Crippen LogP contribution < -0.4 is 15.2 Å². The minimum absolute atomic E-state index is 0.139. The fourth-order valence-corrected chi connectivity index (χ4v) is 2.32. The van der Waals surface area contributed by atoms with Gasteiger partial charge in [0.2, 0.25) is 0 Å². The smallest absolute Gasteiger partial charge is 0.161 e. The Balaban J connectivity index is 1.78. The lowest BCUT2D eigenvalue weighted by Gasteiger charge is -2.20. The van der Waals surface area contributed by atoms with E-state index < -0.39 is 0 Å². The van der Waals surface area contributed by atoms with E-state index >= 15 is 0 Å². The number of rotatable bonds is 4. The average molecular weight is 274 g/mol. The van der Waals surface area contributed by atoms with Gasteiger partial charge in [0.25, 0.3) is 0 Å². The molecule has 106 valence electrons. The van der Waals surface area contributed by atoms with Crippen molar-refractivity contribution < 1.29 is 9.47 Å². The van der Waals surface area contributed by atoms with Crippen LogP contribution in [0.4, 0.5) is 0 Å². The quantitative estimate of drug-likeness (QED) is 0.909. The summed E-state index contributed by atoms with van der Waals surface area (Å²) in [6.45, 7) is 4.00. The average Bonchev–Trinajstić information content (AvgIpc) is 2.94. The van der Waals surface area contributed by atoms with Gasteiger partial charge in [0.1, 0.15) is 25.4 Å². The van der Waals surface area contributed by atoms with Crippen LogP contribution in [0.5, 0.6) is 11.5 Å². The summed E-state index contributed by atoms with van der Waals surface area (Å²) in [4.78, 5) is 4.26. The topological polar surface area (TPSA) is 75.2 Å². The summed E-state index contributed by atoms with van der Waals surface area (Å²) in [5, 5.41) is 4.16. The van der Waals surface area contributed by atoms with Gasteiger partial charge in [0, 0.05) is 19.0 Å². The Hall–Kier alpha value is -2.08. The maximum absolute atomic E-state index is 6.27. The predicted molar refractivity (Wildman–Crippen MR) is 73.8 cm³/mol. The second-order valence-corrected chi connectivity index (χ2v) is 4.71. The molecule has 1 aliphatic rings. The van der Waals surface area contributed by atoms with Crippen LogP contribution in [-0.2, 0) is 13.0 Å². The lowest BCUT2D eigenvalue weighted by molar-refractivity contribution is 0.171. The molecule has 6 heteroatoms. The van der Waals surface area contributed by atoms with E-state index in [1.165, 1.54) is 0 Å². The number of aromatic nitrogens is 3. The summed E-state index contributed by atoms with van der Waals surface area (Å²) in [6, 6.07) is 5.70. The standard InChI is InChI=1S/C14H18N4O2/c1-2-18-14(16-9-17-18)8-11(15)10-3-4-12-13(7-10)20-6-5-19-12/h3-4,7,9,11H,2,5-6,8,15H2,1H3. The van der Waals surface area contributed by atoms with Crippen LogP contribution >= 0.6 is 0 Å². The van der Waals surface area contributed by atoms with Gasteiger partial charge in [0.15, 0.2) is 11.5 Å². The molecular weight excluding hydrogens is 256 g/mol. The summed E-state index contributed by atoms with van der Waals surface area (Å²) in [6.07, 6.45) is 2.21. The molecule has 20 heavy (non-hydrogen) atoms. The molecule has 1 atom stereocenters. The first kappa shape index (κ1) is 12.9. The number of ether oxygens (including phenoxy) is 2. The second kappa shape index (κ2) is 5.50. The van der Waals surface area contributed by atoms with Crippen LogP contribution in [0.2, 0.25) is 0 Å². The van der Waals surface area contributed by atoms with E-state index in [0.29, 0.717) is 19.6 Å². The molecule has 0 amide bonds. The normalized spacial score (nSPS) is 15.1. The van der Waals surface area contributed by atoms with Crippen molar-refractivity contribution in [3.63, 3.8) is 0 Å². The highest BCUT2D eigenvalue weighted by molar-refractivity contribution is 5.44. The largest absolute Gasteiger partial charge is 0.486 e. The summed E-state index contributed by atoms with van der Waals surface area (Å²) < 4.78 is 12.9. The molecule has 0 fully saturated rings. The summed E-state index contributed by atoms with van der Waals surface area (Å²) in [5.74, 6) is 2.44. The molecule has 0 saturated carbocycles. The molecule has 1 aliphatic heterocycles. The highest BCUT2D eigenvalue weighted by atomic mass is 16.6. The van der Waals surface area contributed by atoms with Crippen molar-refractivity contribution in [2.45, 2.75) is 25.9 Å². The molecule has 0 spiro atoms. The lowest BCUT2D eigenvalue weighted by Crippen LogP contribution is -2.19. The van der Waals surface area contributed by atoms with Gasteiger partial charge in [-0.2, -0.15) is 5.10 Å². The number of hydrogen-bond donors (Lipinski definition) is 1. The van der Waals surface area contributed by atoms with Gasteiger partial charge in [-0.1, -0.05) is 6.07 Å². The zero-order valence-electron chi connectivity index (χ0n) is 11.5. The predicted octanol–water partition coefficient (Wildman–Crippen LogP) is 1.31. The van der Waals surface area contributed by atoms with Gasteiger partial charge < -0.3 is 15.2 Å². The molecule has 6 nitrogen and oxygen atoms in total. The molecule has 0 saturated heterocycles. The Morgan fingerprint density at radius 1 is 1.30 bits per heavy atom. The Morgan fingerprint density at radius 2 is 2.10 bits per heavy atom. The van der Waals surface area contributed by atoms with Crippen molar-refractivity contribution in [2.75, 3.05) is 13.2 Å². The van der Waals surface area contributed by atoms with Crippen LogP contribution in [0.1, 0.15) is 24.4 Å². The number of nitrogens with two attached hydrogens (primary N) is 1. The molecule has 2 aromatic rings. The molecule has 0 aliphatic carbocycles. The molecule has 1 unspecified atom stereocenters. The number of aryl methyl sites for hydroxylation is 1. The van der Waals surface area contributed by atoms with Crippen LogP contribution in [0.15, 0.2) is 24.5 Å². The lowest BCUT2D eigenvalue weighted by atomic mass is 10.0. The second-order valence-electron chi connectivity index (χ2n) is 4.71. The van der Waals surface area contributed by atoms with Crippen molar-refractivity contribution in [3.05, 3.63) is 35.9 Å². The maximum Gasteiger partial charge on any atom is 0.161 e. The highest BCUT2D eigenvalue weighted by Crippen LogP contribution is 2.32. The monoisotopic (exact) mass is 274 g/mol. The molecule has 0 bridgehead atoms. The van der Waals surface area contributed by atoms with Crippen LogP contribution in [0.25, 0.3) is 0 Å². The van der Waals surface area contributed by atoms with Gasteiger partial charge >= 0.3 is 0 Å². The number of nitrogens with zero attached hydrogens (tertiary/aromatic N) is 3. The van der Waals surface area contributed by atoms with Crippen molar-refractivity contribution in [1.82, 2.24) is 14.8 Å². The van der Waals surface area contributed by atoms with Crippen molar-refractivity contribution in [1.29, 1.82) is 0 Å². The van der Waals surface area contributed by atoms with Gasteiger partial charge in [-0.05, 0) is 24.6 Å². The summed E-state index contributed by atoms with van der Waals surface area (Å²) in [7, 11) is 0. The van der Waals surface area contributed by atoms with E-state index in [1.807, 2.05) is 29.8 Å². The van der Waals surface area contributed by atoms with Crippen molar-refractivity contribution in [3.8, 4) is 11.5 Å². The maximum atomic E-state index is 6.27. The van der Waals surface area contributed by atoms with Gasteiger partial charge in [0.05, 0.1) is 0 Å². The minimum Gasteiger partial charge on any atom is -0.486 e. The van der Waals surface area contributed by atoms with Gasteiger partial charge in [-0.3, -0.25) is 4.68 Å². The zero-order valence-corrected chi connectivity index (χ0v) is 11.5. The molecule has 3 rings (SSSR count). The van der Waals surface area contributed by atoms with Gasteiger partial charge in [-0.15, -0.1) is 0 Å². The van der Waals surface area contributed by atoms with E-state index in [4.69, 9.17) is 15.2 Å². The SMILES string of the molecule is CCn1ncnc1CC(N)c1ccc2c(c1)OCCO2. The third-order valence-electron chi connectivity index (χ3n) is 3.39.